The van der Waals surface area contributed by atoms with Gasteiger partial charge in [-0.25, -0.2) is 4.98 Å². The van der Waals surface area contributed by atoms with E-state index in [0.29, 0.717) is 10.4 Å². The number of rotatable bonds is 4. The predicted octanol–water partition coefficient (Wildman–Crippen LogP) is 5.98. The van der Waals surface area contributed by atoms with Crippen LogP contribution in [0.3, 0.4) is 0 Å². The number of benzene rings is 1. The van der Waals surface area contributed by atoms with Gasteiger partial charge < -0.3 is 25.0 Å². The van der Waals surface area contributed by atoms with Crippen LogP contribution in [0.5, 0.6) is 0 Å². The van der Waals surface area contributed by atoms with Crippen LogP contribution in [-0.2, 0) is 9.47 Å². The zero-order chi connectivity index (χ0) is 23.0. The summed E-state index contributed by atoms with van der Waals surface area (Å²) in [4.78, 5) is 7.17. The molecular formula is C26H35ClN4O2. The first-order valence-corrected chi connectivity index (χ1v) is 12.6. The van der Waals surface area contributed by atoms with Crippen LogP contribution in [0.1, 0.15) is 46.5 Å². The average molecular weight is 471 g/mol. The van der Waals surface area contributed by atoms with Crippen LogP contribution < -0.4 is 15.5 Å². The van der Waals surface area contributed by atoms with E-state index in [4.69, 9.17) is 26.1 Å². The molecule has 1 aromatic carbocycles. The lowest BCUT2D eigenvalue weighted by Crippen LogP contribution is -2.36. The minimum absolute atomic E-state index is 0.265. The summed E-state index contributed by atoms with van der Waals surface area (Å²) in [6.45, 7) is 10.4. The van der Waals surface area contributed by atoms with Crippen molar-refractivity contribution in [3.63, 3.8) is 0 Å². The molecule has 3 aliphatic rings. The topological polar surface area (TPSA) is 58.7 Å². The van der Waals surface area contributed by atoms with Gasteiger partial charge in [-0.2, -0.15) is 0 Å². The zero-order valence-corrected chi connectivity index (χ0v) is 20.6. The maximum absolute atomic E-state index is 6.63. The zero-order valence-electron chi connectivity index (χ0n) is 19.9. The van der Waals surface area contributed by atoms with E-state index in [1.807, 2.05) is 6.07 Å². The van der Waals surface area contributed by atoms with Crippen molar-refractivity contribution in [2.75, 3.05) is 41.8 Å². The number of hydrogen-bond donors (Lipinski definition) is 2. The Labute approximate surface area is 202 Å². The Morgan fingerprint density at radius 1 is 1.03 bits per heavy atom. The molecule has 0 bridgehead atoms. The largest absolute Gasteiger partial charge is 0.378 e. The van der Waals surface area contributed by atoms with Crippen molar-refractivity contribution in [3.8, 4) is 11.3 Å². The lowest BCUT2D eigenvalue weighted by atomic mass is 9.72. The third kappa shape index (κ3) is 5.08. The van der Waals surface area contributed by atoms with Crippen LogP contribution in [0.2, 0.25) is 5.02 Å². The molecule has 0 spiro atoms. The number of nitrogens with one attached hydrogen (secondary N) is 2. The molecule has 1 unspecified atom stereocenters. The second-order valence-corrected chi connectivity index (χ2v) is 10.9. The number of nitrogens with zero attached hydrogens (tertiary/aromatic N) is 2. The molecule has 6 nitrogen and oxygen atoms in total. The Morgan fingerprint density at radius 2 is 1.73 bits per heavy atom. The molecule has 2 N–H and O–H groups in total. The van der Waals surface area contributed by atoms with Crippen LogP contribution in [0, 0.1) is 11.3 Å². The van der Waals surface area contributed by atoms with Gasteiger partial charge in [-0.1, -0.05) is 44.5 Å². The second kappa shape index (κ2) is 9.32. The van der Waals surface area contributed by atoms with Gasteiger partial charge in [0.1, 0.15) is 0 Å². The molecule has 2 aromatic rings. The molecule has 1 atom stereocenters. The molecule has 0 amide bonds. The summed E-state index contributed by atoms with van der Waals surface area (Å²) in [5.74, 6) is 1.57. The molecular weight excluding hydrogens is 436 g/mol. The fourth-order valence-corrected chi connectivity index (χ4v) is 5.45. The highest BCUT2D eigenvalue weighted by Crippen LogP contribution is 2.40. The van der Waals surface area contributed by atoms with Gasteiger partial charge >= 0.3 is 0 Å². The third-order valence-electron chi connectivity index (χ3n) is 7.27. The summed E-state index contributed by atoms with van der Waals surface area (Å²) >= 11 is 6.63. The van der Waals surface area contributed by atoms with Gasteiger partial charge in [0.15, 0.2) is 5.82 Å². The number of pyridine rings is 1. The van der Waals surface area contributed by atoms with Gasteiger partial charge in [0.25, 0.3) is 0 Å². The molecule has 2 aliphatic heterocycles. The van der Waals surface area contributed by atoms with Crippen molar-refractivity contribution in [1.82, 2.24) is 4.98 Å². The molecule has 0 radical (unpaired) electrons. The Hall–Kier alpha value is -2.02. The number of ether oxygens (including phenoxy) is 2. The highest BCUT2D eigenvalue weighted by Gasteiger charge is 2.32. The van der Waals surface area contributed by atoms with Gasteiger partial charge in [-0.05, 0) is 55.2 Å². The number of halogens is 1. The van der Waals surface area contributed by atoms with Crippen molar-refractivity contribution >= 4 is 28.8 Å². The molecule has 2 fully saturated rings. The van der Waals surface area contributed by atoms with Crippen molar-refractivity contribution in [1.29, 1.82) is 0 Å². The first kappa shape index (κ1) is 22.8. The standard InChI is InChI=1S/C26H35ClN4O2/c1-26(2,3)18-6-10-20(11-7-18)33-25-28-22-16-21(27)23(29-24(22)30-25)17-4-8-19(9-5-17)31-12-14-32-15-13-31/h4-5,8-9,16,18,20,25,28H,6-7,10-15H2,1-3H3,(H,29,30). The van der Waals surface area contributed by atoms with Crippen molar-refractivity contribution in [2.45, 2.75) is 58.9 Å². The van der Waals surface area contributed by atoms with Crippen molar-refractivity contribution in [2.24, 2.45) is 11.3 Å². The molecule has 178 valence electrons. The smallest absolute Gasteiger partial charge is 0.206 e. The van der Waals surface area contributed by atoms with E-state index in [-0.39, 0.29) is 12.5 Å². The minimum atomic E-state index is -0.265. The van der Waals surface area contributed by atoms with Crippen LogP contribution in [0.25, 0.3) is 11.3 Å². The number of aromatic nitrogens is 1. The fraction of sp³-hybridized carbons (Fsp3) is 0.577. The number of morpholine rings is 1. The second-order valence-electron chi connectivity index (χ2n) is 10.5. The maximum atomic E-state index is 6.63. The van der Waals surface area contributed by atoms with Crippen LogP contribution in [0.15, 0.2) is 30.3 Å². The Balaban J connectivity index is 1.23. The Kier molecular flexibility index (Phi) is 6.43. The predicted molar refractivity (Wildman–Crippen MR) is 135 cm³/mol. The summed E-state index contributed by atoms with van der Waals surface area (Å²) in [5, 5.41) is 7.43. The minimum Gasteiger partial charge on any atom is -0.378 e. The summed E-state index contributed by atoms with van der Waals surface area (Å²) in [6, 6.07) is 10.4. The maximum Gasteiger partial charge on any atom is 0.206 e. The first-order valence-electron chi connectivity index (χ1n) is 12.2. The Bertz CT molecular complexity index is 961. The molecule has 1 aliphatic carbocycles. The molecule has 1 saturated carbocycles. The van der Waals surface area contributed by atoms with Gasteiger partial charge in [0.2, 0.25) is 6.35 Å². The molecule has 3 heterocycles. The fourth-order valence-electron chi connectivity index (χ4n) is 5.19. The average Bonchev–Trinajstić information content (AvgIpc) is 3.20. The molecule has 7 heteroatoms. The van der Waals surface area contributed by atoms with E-state index in [1.165, 1.54) is 18.5 Å². The van der Waals surface area contributed by atoms with Crippen LogP contribution in [0.4, 0.5) is 17.2 Å². The van der Waals surface area contributed by atoms with Crippen molar-refractivity contribution < 1.29 is 9.47 Å². The van der Waals surface area contributed by atoms with E-state index < -0.39 is 0 Å². The summed E-state index contributed by atoms with van der Waals surface area (Å²) in [6.07, 6.45) is 4.66. The summed E-state index contributed by atoms with van der Waals surface area (Å²) in [7, 11) is 0. The highest BCUT2D eigenvalue weighted by atomic mass is 35.5. The highest BCUT2D eigenvalue weighted by molar-refractivity contribution is 6.33. The van der Waals surface area contributed by atoms with E-state index in [0.717, 1.165) is 67.8 Å². The SMILES string of the molecule is CC(C)(C)C1CCC(OC2Nc3cc(Cl)c(-c4ccc(N5CCOCC5)cc4)nc3N2)CC1. The monoisotopic (exact) mass is 470 g/mol. The van der Waals surface area contributed by atoms with Gasteiger partial charge in [0, 0.05) is 24.3 Å². The van der Waals surface area contributed by atoms with Crippen molar-refractivity contribution in [3.05, 3.63) is 35.4 Å². The van der Waals surface area contributed by atoms with E-state index >= 15 is 0 Å². The first-order chi connectivity index (χ1) is 15.9. The van der Waals surface area contributed by atoms with Gasteiger partial charge in [0.05, 0.1) is 35.7 Å². The third-order valence-corrected chi connectivity index (χ3v) is 7.56. The lowest BCUT2D eigenvalue weighted by Gasteiger charge is -2.37. The molecule has 33 heavy (non-hydrogen) atoms. The molecule has 1 saturated heterocycles. The van der Waals surface area contributed by atoms with Gasteiger partial charge in [-0.3, -0.25) is 0 Å². The quantitative estimate of drug-likeness (QED) is 0.573. The van der Waals surface area contributed by atoms with E-state index in [2.05, 4.69) is 60.6 Å². The number of hydrogen-bond acceptors (Lipinski definition) is 6. The van der Waals surface area contributed by atoms with Gasteiger partial charge in [-0.15, -0.1) is 0 Å². The number of anilines is 3. The van der Waals surface area contributed by atoms with E-state index in [1.54, 1.807) is 0 Å². The molecule has 5 rings (SSSR count). The van der Waals surface area contributed by atoms with Crippen LogP contribution >= 0.6 is 11.6 Å². The molecule has 1 aromatic heterocycles. The summed E-state index contributed by atoms with van der Waals surface area (Å²) < 4.78 is 11.8. The summed E-state index contributed by atoms with van der Waals surface area (Å²) in [5.41, 5.74) is 4.26. The normalized spacial score (nSPS) is 25.3. The Morgan fingerprint density at radius 3 is 2.39 bits per heavy atom. The number of fused-ring (bicyclic) bond motifs is 1. The van der Waals surface area contributed by atoms with Crippen LogP contribution in [-0.4, -0.2) is 43.7 Å². The lowest BCUT2D eigenvalue weighted by molar-refractivity contribution is -0.0205. The van der Waals surface area contributed by atoms with E-state index in [9.17, 15) is 0 Å².